The maximum absolute atomic E-state index is 11.8. The second-order valence-corrected chi connectivity index (χ2v) is 3.93. The largest absolute Gasteiger partial charge is 0.371 e. The lowest BCUT2D eigenvalue weighted by molar-refractivity contribution is 0.368. The molecule has 2 heterocycles. The molecule has 1 atom stereocenters. The van der Waals surface area contributed by atoms with E-state index in [4.69, 9.17) is 4.74 Å². The van der Waals surface area contributed by atoms with Gasteiger partial charge in [0, 0.05) is 6.04 Å². The molecule has 0 bridgehead atoms. The molecule has 1 saturated heterocycles. The van der Waals surface area contributed by atoms with Gasteiger partial charge >= 0.3 is 5.69 Å². The Morgan fingerprint density at radius 3 is 2.71 bits per heavy atom. The highest BCUT2D eigenvalue weighted by atomic mass is 16.6. The molecule has 0 aliphatic carbocycles. The van der Waals surface area contributed by atoms with E-state index < -0.39 is 0 Å². The molecule has 14 heavy (non-hydrogen) atoms. The lowest BCUT2D eigenvalue weighted by atomic mass is 10.4. The maximum atomic E-state index is 11.8. The molecule has 1 aromatic rings. The summed E-state index contributed by atoms with van der Waals surface area (Å²) in [5, 5.41) is 4.20. The highest BCUT2D eigenvalue weighted by Crippen LogP contribution is 2.10. The fourth-order valence-corrected chi connectivity index (χ4v) is 1.61. The third-order valence-electron chi connectivity index (χ3n) is 2.34. The van der Waals surface area contributed by atoms with Gasteiger partial charge in [0.25, 0.3) is 0 Å². The molecule has 1 aliphatic heterocycles. The van der Waals surface area contributed by atoms with Gasteiger partial charge in [0.2, 0.25) is 0 Å². The summed E-state index contributed by atoms with van der Waals surface area (Å²) in [6.45, 7) is 7.15. The summed E-state index contributed by atoms with van der Waals surface area (Å²) in [5.74, 6) is 0.769. The predicted octanol–water partition coefficient (Wildman–Crippen LogP) is 0.333. The number of aryl methyl sites for hydroxylation is 1. The van der Waals surface area contributed by atoms with Crippen LogP contribution in [0.2, 0.25) is 0 Å². The lowest BCUT2D eigenvalue weighted by Crippen LogP contribution is -2.27. The molecule has 1 fully saturated rings. The minimum Gasteiger partial charge on any atom is -0.371 e. The molecule has 1 unspecified atom stereocenters. The molecular weight excluding hydrogens is 182 g/mol. The Kier molecular flexibility index (Phi) is 2.19. The first-order valence-electron chi connectivity index (χ1n) is 4.87. The third kappa shape index (κ3) is 1.59. The first-order chi connectivity index (χ1) is 6.59. The Balaban J connectivity index is 2.32. The van der Waals surface area contributed by atoms with E-state index in [1.54, 1.807) is 4.57 Å². The molecular formula is C9H15N3O2. The van der Waals surface area contributed by atoms with Crippen molar-refractivity contribution < 1.29 is 4.74 Å². The number of hydrogen-bond acceptors (Lipinski definition) is 3. The summed E-state index contributed by atoms with van der Waals surface area (Å²) in [5.41, 5.74) is -0.0343. The van der Waals surface area contributed by atoms with Crippen molar-refractivity contribution >= 4 is 0 Å². The smallest absolute Gasteiger partial charge is 0.346 e. The van der Waals surface area contributed by atoms with E-state index in [0.29, 0.717) is 6.54 Å². The summed E-state index contributed by atoms with van der Waals surface area (Å²) >= 11 is 0. The van der Waals surface area contributed by atoms with Crippen molar-refractivity contribution in [3.8, 4) is 0 Å². The SMILES string of the molecule is Cc1nn(CC2CO2)c(=O)n1C(C)C. The minimum atomic E-state index is -0.0343. The van der Waals surface area contributed by atoms with Gasteiger partial charge in [-0.25, -0.2) is 9.48 Å². The van der Waals surface area contributed by atoms with Crippen LogP contribution >= 0.6 is 0 Å². The zero-order valence-electron chi connectivity index (χ0n) is 8.73. The van der Waals surface area contributed by atoms with Gasteiger partial charge in [-0.1, -0.05) is 0 Å². The molecule has 0 N–H and O–H groups in total. The summed E-state index contributed by atoms with van der Waals surface area (Å²) in [6, 6.07) is 0.163. The van der Waals surface area contributed by atoms with Crippen molar-refractivity contribution in [3.63, 3.8) is 0 Å². The second kappa shape index (κ2) is 3.24. The number of rotatable bonds is 3. The van der Waals surface area contributed by atoms with Gasteiger partial charge in [0.05, 0.1) is 13.2 Å². The van der Waals surface area contributed by atoms with Crippen molar-refractivity contribution in [2.24, 2.45) is 0 Å². The maximum Gasteiger partial charge on any atom is 0.346 e. The van der Waals surface area contributed by atoms with Crippen LogP contribution in [0.1, 0.15) is 25.7 Å². The fraction of sp³-hybridized carbons (Fsp3) is 0.778. The van der Waals surface area contributed by atoms with Gasteiger partial charge in [-0.2, -0.15) is 5.10 Å². The zero-order valence-corrected chi connectivity index (χ0v) is 8.73. The number of epoxide rings is 1. The molecule has 5 heteroatoms. The average molecular weight is 197 g/mol. The standard InChI is InChI=1S/C9H15N3O2/c1-6(2)12-7(3)10-11(9(12)13)4-8-5-14-8/h6,8H,4-5H2,1-3H3. The van der Waals surface area contributed by atoms with E-state index in [2.05, 4.69) is 5.10 Å². The Bertz CT molecular complexity index is 387. The zero-order chi connectivity index (χ0) is 10.3. The molecule has 1 aliphatic rings. The van der Waals surface area contributed by atoms with Crippen molar-refractivity contribution in [1.82, 2.24) is 14.3 Å². The van der Waals surface area contributed by atoms with Crippen LogP contribution in [0.5, 0.6) is 0 Å². The van der Waals surface area contributed by atoms with E-state index in [0.717, 1.165) is 12.4 Å². The van der Waals surface area contributed by atoms with E-state index in [9.17, 15) is 4.79 Å². The van der Waals surface area contributed by atoms with Gasteiger partial charge in [-0.15, -0.1) is 0 Å². The number of nitrogens with zero attached hydrogens (tertiary/aromatic N) is 3. The highest BCUT2D eigenvalue weighted by molar-refractivity contribution is 4.87. The Labute approximate surface area is 82.3 Å². The Hall–Kier alpha value is -1.10. The van der Waals surface area contributed by atoms with Crippen molar-refractivity contribution in [2.45, 2.75) is 39.5 Å². The molecule has 0 saturated carbocycles. The number of hydrogen-bond donors (Lipinski definition) is 0. The molecule has 0 spiro atoms. The quantitative estimate of drug-likeness (QED) is 0.656. The van der Waals surface area contributed by atoms with Gasteiger partial charge in [-0.05, 0) is 20.8 Å². The highest BCUT2D eigenvalue weighted by Gasteiger charge is 2.25. The average Bonchev–Trinajstić information content (AvgIpc) is 2.81. The van der Waals surface area contributed by atoms with Crippen LogP contribution < -0.4 is 5.69 Å². The summed E-state index contributed by atoms with van der Waals surface area (Å²) in [6.07, 6.45) is 0.197. The van der Waals surface area contributed by atoms with Gasteiger partial charge < -0.3 is 4.74 Å². The lowest BCUT2D eigenvalue weighted by Gasteiger charge is -2.04. The van der Waals surface area contributed by atoms with Gasteiger partial charge in [-0.3, -0.25) is 4.57 Å². The van der Waals surface area contributed by atoms with E-state index in [1.165, 1.54) is 4.68 Å². The van der Waals surface area contributed by atoms with Crippen LogP contribution in [0.3, 0.4) is 0 Å². The van der Waals surface area contributed by atoms with Crippen molar-refractivity contribution in [1.29, 1.82) is 0 Å². The molecule has 78 valence electrons. The third-order valence-corrected chi connectivity index (χ3v) is 2.34. The summed E-state index contributed by atoms with van der Waals surface area (Å²) in [7, 11) is 0. The van der Waals surface area contributed by atoms with E-state index in [1.807, 2.05) is 20.8 Å². The molecule has 2 rings (SSSR count). The van der Waals surface area contributed by atoms with Gasteiger partial charge in [0.15, 0.2) is 0 Å². The number of aromatic nitrogens is 3. The first-order valence-corrected chi connectivity index (χ1v) is 4.87. The van der Waals surface area contributed by atoms with Crippen LogP contribution in [0.25, 0.3) is 0 Å². The normalized spacial score (nSPS) is 20.4. The van der Waals surface area contributed by atoms with E-state index in [-0.39, 0.29) is 17.8 Å². The molecule has 1 aromatic heterocycles. The minimum absolute atomic E-state index is 0.0343. The number of ether oxygens (including phenoxy) is 1. The Morgan fingerprint density at radius 2 is 2.29 bits per heavy atom. The first kappa shape index (κ1) is 9.45. The van der Waals surface area contributed by atoms with Gasteiger partial charge in [0.1, 0.15) is 11.9 Å². The second-order valence-electron chi connectivity index (χ2n) is 3.93. The van der Waals surface area contributed by atoms with Crippen molar-refractivity contribution in [2.75, 3.05) is 6.61 Å². The van der Waals surface area contributed by atoms with Crippen LogP contribution in [-0.4, -0.2) is 27.1 Å². The topological polar surface area (TPSA) is 52.4 Å². The molecule has 0 amide bonds. The molecule has 0 radical (unpaired) electrons. The van der Waals surface area contributed by atoms with Crippen LogP contribution in [0, 0.1) is 6.92 Å². The van der Waals surface area contributed by atoms with Crippen LogP contribution in [0.15, 0.2) is 4.79 Å². The predicted molar refractivity (Wildman–Crippen MR) is 51.3 cm³/mol. The molecule has 5 nitrogen and oxygen atoms in total. The summed E-state index contributed by atoms with van der Waals surface area (Å²) in [4.78, 5) is 11.8. The monoisotopic (exact) mass is 197 g/mol. The summed E-state index contributed by atoms with van der Waals surface area (Å²) < 4.78 is 8.26. The van der Waals surface area contributed by atoms with Crippen LogP contribution in [-0.2, 0) is 11.3 Å². The van der Waals surface area contributed by atoms with Crippen molar-refractivity contribution in [3.05, 3.63) is 16.3 Å². The molecule has 0 aromatic carbocycles. The van der Waals surface area contributed by atoms with E-state index >= 15 is 0 Å². The Morgan fingerprint density at radius 1 is 1.64 bits per heavy atom. The van der Waals surface area contributed by atoms with Crippen LogP contribution in [0.4, 0.5) is 0 Å². The fourth-order valence-electron chi connectivity index (χ4n) is 1.61.